The van der Waals surface area contributed by atoms with Crippen molar-refractivity contribution in [2.24, 2.45) is 0 Å². The second-order valence-corrected chi connectivity index (χ2v) is 4.21. The Morgan fingerprint density at radius 3 is 2.52 bits per heavy atom. The van der Waals surface area contributed by atoms with Crippen molar-refractivity contribution in [2.75, 3.05) is 38.0 Å². The van der Waals surface area contributed by atoms with E-state index in [0.717, 1.165) is 11.4 Å². The first kappa shape index (κ1) is 14.8. The number of rotatable bonds is 6. The van der Waals surface area contributed by atoms with Gasteiger partial charge in [0.15, 0.2) is 0 Å². The van der Waals surface area contributed by atoms with E-state index in [4.69, 9.17) is 9.47 Å². The second kappa shape index (κ2) is 6.74. The summed E-state index contributed by atoms with van der Waals surface area (Å²) in [7, 11) is 5.02. The molecule has 1 aromatic heterocycles. The van der Waals surface area contributed by atoms with E-state index in [9.17, 15) is 0 Å². The molecule has 0 amide bonds. The van der Waals surface area contributed by atoms with Gasteiger partial charge in [0.1, 0.15) is 5.75 Å². The normalized spacial score (nSPS) is 10.1. The van der Waals surface area contributed by atoms with Crippen molar-refractivity contribution in [3.63, 3.8) is 0 Å². The third-order valence-electron chi connectivity index (χ3n) is 2.87. The van der Waals surface area contributed by atoms with E-state index in [2.05, 4.69) is 20.3 Å². The maximum absolute atomic E-state index is 5.36. The number of benzene rings is 1. The maximum Gasteiger partial charge on any atom is 0.322 e. The average molecular weight is 289 g/mol. The summed E-state index contributed by atoms with van der Waals surface area (Å²) in [5.41, 5.74) is 0.857. The zero-order chi connectivity index (χ0) is 15.2. The first-order valence-corrected chi connectivity index (χ1v) is 6.60. The number of nitrogens with one attached hydrogen (secondary N) is 1. The fourth-order valence-corrected chi connectivity index (χ4v) is 1.84. The molecule has 0 aliphatic heterocycles. The molecule has 2 rings (SSSR count). The van der Waals surface area contributed by atoms with Crippen LogP contribution in [0.3, 0.4) is 0 Å². The third-order valence-corrected chi connectivity index (χ3v) is 2.87. The van der Waals surface area contributed by atoms with Crippen LogP contribution in [0, 0.1) is 0 Å². The Labute approximate surface area is 124 Å². The second-order valence-electron chi connectivity index (χ2n) is 4.21. The Balaban J connectivity index is 2.42. The Hall–Kier alpha value is -2.57. The molecule has 7 nitrogen and oxygen atoms in total. The Morgan fingerprint density at radius 2 is 1.86 bits per heavy atom. The minimum atomic E-state index is 0.262. The lowest BCUT2D eigenvalue weighted by Gasteiger charge is -2.20. The smallest absolute Gasteiger partial charge is 0.322 e. The van der Waals surface area contributed by atoms with E-state index in [1.165, 1.54) is 7.11 Å². The summed E-state index contributed by atoms with van der Waals surface area (Å²) in [6.45, 7) is 2.69. The summed E-state index contributed by atoms with van der Waals surface area (Å²) >= 11 is 0. The fourth-order valence-electron chi connectivity index (χ4n) is 1.84. The number of aromatic nitrogens is 3. The monoisotopic (exact) mass is 289 g/mol. The first-order valence-electron chi connectivity index (χ1n) is 6.60. The van der Waals surface area contributed by atoms with E-state index >= 15 is 0 Å². The van der Waals surface area contributed by atoms with Crippen LogP contribution in [0.4, 0.5) is 17.6 Å². The summed E-state index contributed by atoms with van der Waals surface area (Å²) in [6, 6.07) is 7.92. The molecule has 112 valence electrons. The molecule has 0 bridgehead atoms. The molecule has 0 saturated carbocycles. The summed E-state index contributed by atoms with van der Waals surface area (Å²) in [5, 5.41) is 3.06. The predicted octanol–water partition coefficient (Wildman–Crippen LogP) is 2.09. The first-order chi connectivity index (χ1) is 10.2. The average Bonchev–Trinajstić information content (AvgIpc) is 2.54. The van der Waals surface area contributed by atoms with Gasteiger partial charge in [-0.3, -0.25) is 0 Å². The largest absolute Gasteiger partial charge is 0.495 e. The lowest BCUT2D eigenvalue weighted by molar-refractivity contribution is 0.379. The Morgan fingerprint density at radius 1 is 1.10 bits per heavy atom. The van der Waals surface area contributed by atoms with Crippen LogP contribution in [-0.2, 0) is 0 Å². The van der Waals surface area contributed by atoms with Gasteiger partial charge >= 0.3 is 6.01 Å². The molecule has 0 radical (unpaired) electrons. The van der Waals surface area contributed by atoms with Crippen molar-refractivity contribution in [3.05, 3.63) is 24.3 Å². The van der Waals surface area contributed by atoms with Crippen molar-refractivity contribution < 1.29 is 9.47 Å². The van der Waals surface area contributed by atoms with Gasteiger partial charge < -0.3 is 19.7 Å². The van der Waals surface area contributed by atoms with Gasteiger partial charge in [-0.2, -0.15) is 15.0 Å². The Bertz CT molecular complexity index is 606. The molecule has 0 fully saturated rings. The highest BCUT2D eigenvalue weighted by Crippen LogP contribution is 2.31. The van der Waals surface area contributed by atoms with E-state index in [1.807, 2.05) is 43.1 Å². The van der Waals surface area contributed by atoms with Gasteiger partial charge in [0, 0.05) is 13.6 Å². The van der Waals surface area contributed by atoms with Crippen LogP contribution in [0.25, 0.3) is 0 Å². The van der Waals surface area contributed by atoms with Gasteiger partial charge in [-0.25, -0.2) is 0 Å². The molecule has 1 heterocycles. The Kier molecular flexibility index (Phi) is 4.76. The van der Waals surface area contributed by atoms with Crippen LogP contribution in [0.2, 0.25) is 0 Å². The van der Waals surface area contributed by atoms with Crippen LogP contribution in [-0.4, -0.2) is 42.8 Å². The van der Waals surface area contributed by atoms with Crippen molar-refractivity contribution in [2.45, 2.75) is 6.92 Å². The predicted molar refractivity (Wildman–Crippen MR) is 81.6 cm³/mol. The molecular formula is C14H19N5O2. The van der Waals surface area contributed by atoms with Crippen molar-refractivity contribution in [1.29, 1.82) is 0 Å². The topological polar surface area (TPSA) is 72.4 Å². The quantitative estimate of drug-likeness (QED) is 0.872. The molecule has 0 aliphatic rings. The number of hydrogen-bond acceptors (Lipinski definition) is 7. The zero-order valence-corrected chi connectivity index (χ0v) is 12.6. The van der Waals surface area contributed by atoms with Crippen molar-refractivity contribution >= 4 is 17.6 Å². The number of nitrogens with zero attached hydrogens (tertiary/aromatic N) is 4. The molecule has 2 aromatic rings. The maximum atomic E-state index is 5.36. The van der Waals surface area contributed by atoms with E-state index in [-0.39, 0.29) is 6.01 Å². The molecule has 0 spiro atoms. The van der Waals surface area contributed by atoms with Gasteiger partial charge in [0.05, 0.1) is 19.9 Å². The molecule has 0 saturated heterocycles. The fraction of sp³-hybridized carbons (Fsp3) is 0.357. The minimum absolute atomic E-state index is 0.262. The minimum Gasteiger partial charge on any atom is -0.495 e. The number of methoxy groups -OCH3 is 2. The number of para-hydroxylation sites is 2. The van der Waals surface area contributed by atoms with Crippen LogP contribution in [0.5, 0.6) is 11.8 Å². The third kappa shape index (κ3) is 3.31. The molecule has 0 atom stereocenters. The van der Waals surface area contributed by atoms with Gasteiger partial charge in [-0.05, 0) is 19.1 Å². The molecule has 0 aliphatic carbocycles. The number of hydrogen-bond donors (Lipinski definition) is 1. The standard InChI is InChI=1S/C14H19N5O2/c1-5-15-12-16-13(18-14(17-12)21-4)19(2)10-8-6-7-9-11(10)20-3/h6-9H,5H2,1-4H3,(H,15,16,17,18). The van der Waals surface area contributed by atoms with E-state index < -0.39 is 0 Å². The van der Waals surface area contributed by atoms with Crippen molar-refractivity contribution in [3.8, 4) is 11.8 Å². The molecule has 1 aromatic carbocycles. The van der Waals surface area contributed by atoms with Gasteiger partial charge in [0.25, 0.3) is 0 Å². The number of ether oxygens (including phenoxy) is 2. The highest BCUT2D eigenvalue weighted by atomic mass is 16.5. The summed E-state index contributed by atoms with van der Waals surface area (Å²) in [4.78, 5) is 14.6. The number of anilines is 3. The summed E-state index contributed by atoms with van der Waals surface area (Å²) < 4.78 is 10.5. The zero-order valence-electron chi connectivity index (χ0n) is 12.6. The highest BCUT2D eigenvalue weighted by molar-refractivity contribution is 5.65. The van der Waals surface area contributed by atoms with Crippen LogP contribution in [0.15, 0.2) is 24.3 Å². The molecule has 7 heteroatoms. The van der Waals surface area contributed by atoms with Gasteiger partial charge in [0.2, 0.25) is 11.9 Å². The lowest BCUT2D eigenvalue weighted by Crippen LogP contribution is -2.16. The SMILES string of the molecule is CCNc1nc(OC)nc(N(C)c2ccccc2OC)n1. The molecule has 1 N–H and O–H groups in total. The van der Waals surface area contributed by atoms with Gasteiger partial charge in [-0.15, -0.1) is 0 Å². The summed E-state index contributed by atoms with van der Waals surface area (Å²) in [6.07, 6.45) is 0. The molecule has 21 heavy (non-hydrogen) atoms. The highest BCUT2D eigenvalue weighted by Gasteiger charge is 2.15. The van der Waals surface area contributed by atoms with Crippen LogP contribution in [0.1, 0.15) is 6.92 Å². The van der Waals surface area contributed by atoms with Crippen LogP contribution < -0.4 is 19.7 Å². The summed E-state index contributed by atoms with van der Waals surface area (Å²) in [5.74, 6) is 1.69. The van der Waals surface area contributed by atoms with E-state index in [0.29, 0.717) is 18.4 Å². The molecular weight excluding hydrogens is 270 g/mol. The van der Waals surface area contributed by atoms with Crippen molar-refractivity contribution in [1.82, 2.24) is 15.0 Å². The molecule has 0 unspecified atom stereocenters. The lowest BCUT2D eigenvalue weighted by atomic mass is 10.3. The van der Waals surface area contributed by atoms with Crippen LogP contribution >= 0.6 is 0 Å². The van der Waals surface area contributed by atoms with Gasteiger partial charge in [-0.1, -0.05) is 12.1 Å². The van der Waals surface area contributed by atoms with E-state index in [1.54, 1.807) is 7.11 Å².